The molecule has 1 aliphatic rings. The van der Waals surface area contributed by atoms with Crippen molar-refractivity contribution < 1.29 is 4.79 Å². The fourth-order valence-electron chi connectivity index (χ4n) is 1.95. The van der Waals surface area contributed by atoms with Crippen LogP contribution in [0.3, 0.4) is 0 Å². The molecule has 0 saturated carbocycles. The monoisotopic (exact) mass is 283 g/mol. The van der Waals surface area contributed by atoms with Gasteiger partial charge < -0.3 is 10.2 Å². The number of aromatic nitrogens is 1. The van der Waals surface area contributed by atoms with Crippen LogP contribution in [0.15, 0.2) is 22.8 Å². The summed E-state index contributed by atoms with van der Waals surface area (Å²) in [6.45, 7) is 3.33. The second-order valence-corrected chi connectivity index (χ2v) is 4.76. The lowest BCUT2D eigenvalue weighted by Crippen LogP contribution is -2.35. The van der Waals surface area contributed by atoms with Gasteiger partial charge in [-0.25, -0.2) is 4.98 Å². The molecule has 1 aromatic heterocycles. The minimum Gasteiger partial charge on any atom is -0.354 e. The molecule has 0 bridgehead atoms. The number of nitrogens with one attached hydrogen (secondary N) is 1. The predicted octanol–water partition coefficient (Wildman–Crippen LogP) is 1.56. The Balaban J connectivity index is 2.00. The average molecular weight is 284 g/mol. The van der Waals surface area contributed by atoms with Crippen molar-refractivity contribution in [2.75, 3.05) is 18.0 Å². The number of halogens is 1. The van der Waals surface area contributed by atoms with Crippen LogP contribution in [-0.4, -0.2) is 30.0 Å². The van der Waals surface area contributed by atoms with Crippen molar-refractivity contribution in [3.8, 4) is 0 Å². The van der Waals surface area contributed by atoms with Crippen molar-refractivity contribution in [1.29, 1.82) is 0 Å². The molecule has 2 rings (SSSR count). The largest absolute Gasteiger partial charge is 0.354 e. The van der Waals surface area contributed by atoms with Gasteiger partial charge in [0.2, 0.25) is 5.91 Å². The topological polar surface area (TPSA) is 45.2 Å². The van der Waals surface area contributed by atoms with E-state index in [0.717, 1.165) is 29.9 Å². The summed E-state index contributed by atoms with van der Waals surface area (Å²) in [6, 6.07) is 6.11. The smallest absolute Gasteiger partial charge is 0.217 e. The van der Waals surface area contributed by atoms with E-state index in [1.807, 2.05) is 18.2 Å². The zero-order valence-electron chi connectivity index (χ0n) is 9.11. The molecule has 4 nitrogen and oxygen atoms in total. The van der Waals surface area contributed by atoms with Gasteiger partial charge >= 0.3 is 0 Å². The van der Waals surface area contributed by atoms with E-state index < -0.39 is 0 Å². The number of pyridine rings is 1. The van der Waals surface area contributed by atoms with Crippen LogP contribution in [-0.2, 0) is 4.79 Å². The van der Waals surface area contributed by atoms with Crippen LogP contribution in [0.4, 0.5) is 5.82 Å². The number of carbonyl (C=O) groups is 1. The lowest BCUT2D eigenvalue weighted by molar-refractivity contribution is -0.119. The highest BCUT2D eigenvalue weighted by Gasteiger charge is 2.23. The Labute approximate surface area is 103 Å². The quantitative estimate of drug-likeness (QED) is 0.838. The molecule has 5 heteroatoms. The molecule has 1 aliphatic heterocycles. The van der Waals surface area contributed by atoms with Gasteiger partial charge in [-0.05, 0) is 34.5 Å². The number of amides is 1. The molecule has 0 spiro atoms. The molecule has 1 saturated heterocycles. The highest BCUT2D eigenvalue weighted by Crippen LogP contribution is 2.19. The van der Waals surface area contributed by atoms with Crippen LogP contribution in [0.1, 0.15) is 13.3 Å². The molecular formula is C11H14BrN3O. The van der Waals surface area contributed by atoms with Crippen LogP contribution < -0.4 is 10.2 Å². The van der Waals surface area contributed by atoms with E-state index in [9.17, 15) is 4.79 Å². The number of nitrogens with zero attached hydrogens (tertiary/aromatic N) is 2. The summed E-state index contributed by atoms with van der Waals surface area (Å²) in [5, 5.41) is 2.94. The number of anilines is 1. The molecule has 1 atom stereocenters. The lowest BCUT2D eigenvalue weighted by atomic mass is 10.3. The molecule has 16 heavy (non-hydrogen) atoms. The summed E-state index contributed by atoms with van der Waals surface area (Å²) in [4.78, 5) is 17.5. The summed E-state index contributed by atoms with van der Waals surface area (Å²) in [7, 11) is 0. The summed E-state index contributed by atoms with van der Waals surface area (Å²) >= 11 is 3.36. The van der Waals surface area contributed by atoms with Gasteiger partial charge in [0.05, 0.1) is 0 Å². The molecule has 1 fully saturated rings. The zero-order valence-corrected chi connectivity index (χ0v) is 10.7. The van der Waals surface area contributed by atoms with Crippen LogP contribution in [0.2, 0.25) is 0 Å². The van der Waals surface area contributed by atoms with E-state index in [-0.39, 0.29) is 11.9 Å². The Morgan fingerprint density at radius 2 is 2.44 bits per heavy atom. The fourth-order valence-corrected chi connectivity index (χ4v) is 2.28. The van der Waals surface area contributed by atoms with Crippen molar-refractivity contribution in [2.24, 2.45) is 0 Å². The van der Waals surface area contributed by atoms with E-state index in [1.54, 1.807) is 6.92 Å². The van der Waals surface area contributed by atoms with Gasteiger partial charge in [-0.15, -0.1) is 0 Å². The highest BCUT2D eigenvalue weighted by atomic mass is 79.9. The Kier molecular flexibility index (Phi) is 3.43. The van der Waals surface area contributed by atoms with E-state index in [4.69, 9.17) is 0 Å². The van der Waals surface area contributed by atoms with Gasteiger partial charge in [0.25, 0.3) is 0 Å². The average Bonchev–Trinajstić information content (AvgIpc) is 2.65. The van der Waals surface area contributed by atoms with Crippen LogP contribution in [0.25, 0.3) is 0 Å². The van der Waals surface area contributed by atoms with E-state index in [1.165, 1.54) is 0 Å². The van der Waals surface area contributed by atoms with Gasteiger partial charge in [0.15, 0.2) is 0 Å². The third-order valence-corrected chi connectivity index (χ3v) is 3.06. The third kappa shape index (κ3) is 2.72. The first-order valence-corrected chi connectivity index (χ1v) is 6.09. The maximum atomic E-state index is 10.9. The van der Waals surface area contributed by atoms with Crippen LogP contribution >= 0.6 is 15.9 Å². The number of carbonyl (C=O) groups excluding carboxylic acids is 1. The van der Waals surface area contributed by atoms with E-state index >= 15 is 0 Å². The lowest BCUT2D eigenvalue weighted by Gasteiger charge is -2.17. The second kappa shape index (κ2) is 4.82. The van der Waals surface area contributed by atoms with Crippen LogP contribution in [0.5, 0.6) is 0 Å². The Hall–Kier alpha value is -1.10. The first-order chi connectivity index (χ1) is 7.65. The van der Waals surface area contributed by atoms with E-state index in [0.29, 0.717) is 0 Å². The normalized spacial score (nSPS) is 19.9. The van der Waals surface area contributed by atoms with Crippen LogP contribution in [0, 0.1) is 0 Å². The molecule has 1 unspecified atom stereocenters. The second-order valence-electron chi connectivity index (χ2n) is 3.95. The molecule has 86 valence electrons. The number of hydrogen-bond donors (Lipinski definition) is 1. The Bertz CT molecular complexity index is 397. The maximum Gasteiger partial charge on any atom is 0.217 e. The van der Waals surface area contributed by atoms with Crippen molar-refractivity contribution in [3.63, 3.8) is 0 Å². The first-order valence-electron chi connectivity index (χ1n) is 5.30. The summed E-state index contributed by atoms with van der Waals surface area (Å²) in [6.07, 6.45) is 0.980. The van der Waals surface area contributed by atoms with Gasteiger partial charge in [-0.1, -0.05) is 6.07 Å². The minimum atomic E-state index is 0.0362. The summed E-state index contributed by atoms with van der Waals surface area (Å²) < 4.78 is 0.841. The molecule has 2 heterocycles. The Morgan fingerprint density at radius 1 is 1.62 bits per heavy atom. The minimum absolute atomic E-state index is 0.0362. The van der Waals surface area contributed by atoms with Crippen molar-refractivity contribution in [1.82, 2.24) is 10.3 Å². The molecule has 0 aromatic carbocycles. The Morgan fingerprint density at radius 3 is 3.12 bits per heavy atom. The number of hydrogen-bond acceptors (Lipinski definition) is 3. The zero-order chi connectivity index (χ0) is 11.5. The summed E-state index contributed by atoms with van der Waals surface area (Å²) in [5.74, 6) is 0.997. The highest BCUT2D eigenvalue weighted by molar-refractivity contribution is 9.10. The van der Waals surface area contributed by atoms with Gasteiger partial charge in [-0.3, -0.25) is 4.79 Å². The standard InChI is InChI=1S/C11H14BrN3O/c1-8(16)13-9-5-6-15(7-9)11-4-2-3-10(12)14-11/h2-4,9H,5-7H2,1H3,(H,13,16). The van der Waals surface area contributed by atoms with Crippen molar-refractivity contribution in [2.45, 2.75) is 19.4 Å². The third-order valence-electron chi connectivity index (χ3n) is 2.62. The molecule has 0 radical (unpaired) electrons. The molecule has 0 aliphatic carbocycles. The molecule has 1 aromatic rings. The van der Waals surface area contributed by atoms with Crippen molar-refractivity contribution in [3.05, 3.63) is 22.8 Å². The molecule has 1 amide bonds. The van der Waals surface area contributed by atoms with Crippen molar-refractivity contribution >= 4 is 27.7 Å². The van der Waals surface area contributed by atoms with Gasteiger partial charge in [0, 0.05) is 26.1 Å². The summed E-state index contributed by atoms with van der Waals surface area (Å²) in [5.41, 5.74) is 0. The molecule has 1 N–H and O–H groups in total. The maximum absolute atomic E-state index is 10.9. The number of rotatable bonds is 2. The van der Waals surface area contributed by atoms with Gasteiger partial charge in [0.1, 0.15) is 10.4 Å². The molecular weight excluding hydrogens is 270 g/mol. The predicted molar refractivity (Wildman–Crippen MR) is 66.4 cm³/mol. The van der Waals surface area contributed by atoms with E-state index in [2.05, 4.69) is 31.1 Å². The first kappa shape index (κ1) is 11.4. The van der Waals surface area contributed by atoms with Gasteiger partial charge in [-0.2, -0.15) is 0 Å². The SMILES string of the molecule is CC(=O)NC1CCN(c2cccc(Br)n2)C1. The fraction of sp³-hybridized carbons (Fsp3) is 0.455.